The van der Waals surface area contributed by atoms with Gasteiger partial charge in [0.2, 0.25) is 5.91 Å². The van der Waals surface area contributed by atoms with Crippen LogP contribution in [0.2, 0.25) is 0 Å². The standard InChI is InChI=1S/C27H27N3O/c1-19(24-12-7-13-25(30-24)21-8-3-2-4-9-21)18-22-10-5-6-11-23(22)20-14-16-27(29,17-15-20)26(28)31/h2-6,8-12,20H,1,14-18,29H2,(H2,28,31). The summed E-state index contributed by atoms with van der Waals surface area (Å²) in [6, 6.07) is 26.5. The van der Waals surface area contributed by atoms with E-state index in [4.69, 9.17) is 16.5 Å². The Morgan fingerprint density at radius 2 is 1.77 bits per heavy atom. The molecule has 0 saturated heterocycles. The Morgan fingerprint density at radius 3 is 2.48 bits per heavy atom. The van der Waals surface area contributed by atoms with Crippen molar-refractivity contribution < 1.29 is 4.79 Å². The number of hydrogen-bond donors (Lipinski definition) is 2. The first-order valence-electron chi connectivity index (χ1n) is 10.7. The third-order valence-electron chi connectivity index (χ3n) is 6.31. The predicted octanol–water partition coefficient (Wildman–Crippen LogP) is 4.45. The molecule has 0 spiro atoms. The summed E-state index contributed by atoms with van der Waals surface area (Å²) in [5.41, 5.74) is 16.9. The summed E-state index contributed by atoms with van der Waals surface area (Å²) in [4.78, 5) is 16.5. The lowest BCUT2D eigenvalue weighted by Crippen LogP contribution is -2.53. The molecule has 0 aliphatic heterocycles. The second-order valence-electron chi connectivity index (χ2n) is 8.40. The van der Waals surface area contributed by atoms with Crippen LogP contribution in [0.25, 0.3) is 16.8 Å². The number of rotatable bonds is 6. The number of amides is 1. The molecule has 1 heterocycles. The summed E-state index contributed by atoms with van der Waals surface area (Å²) < 4.78 is 0. The summed E-state index contributed by atoms with van der Waals surface area (Å²) in [5, 5.41) is 0. The predicted molar refractivity (Wildman–Crippen MR) is 124 cm³/mol. The minimum absolute atomic E-state index is 0.364. The number of nitrogens with two attached hydrogens (primary N) is 2. The second-order valence-corrected chi connectivity index (χ2v) is 8.40. The maximum Gasteiger partial charge on any atom is 0.237 e. The topological polar surface area (TPSA) is 82.0 Å². The molecule has 0 radical (unpaired) electrons. The van der Waals surface area contributed by atoms with Gasteiger partial charge in [0.25, 0.3) is 0 Å². The van der Waals surface area contributed by atoms with Crippen molar-refractivity contribution in [3.8, 4) is 11.3 Å². The molecular weight excluding hydrogens is 382 g/mol. The van der Waals surface area contributed by atoms with Crippen LogP contribution < -0.4 is 11.5 Å². The van der Waals surface area contributed by atoms with E-state index >= 15 is 0 Å². The zero-order chi connectivity index (χ0) is 21.8. The fourth-order valence-electron chi connectivity index (χ4n) is 4.37. The number of aromatic nitrogens is 1. The fourth-order valence-corrected chi connectivity index (χ4v) is 4.37. The smallest absolute Gasteiger partial charge is 0.237 e. The first-order chi connectivity index (χ1) is 15.0. The van der Waals surface area contributed by atoms with E-state index in [2.05, 4.69) is 43.0 Å². The molecule has 156 valence electrons. The molecule has 0 unspecified atom stereocenters. The van der Waals surface area contributed by atoms with Crippen molar-refractivity contribution in [3.63, 3.8) is 0 Å². The van der Waals surface area contributed by atoms with Crippen LogP contribution in [-0.4, -0.2) is 16.4 Å². The highest BCUT2D eigenvalue weighted by molar-refractivity contribution is 5.84. The van der Waals surface area contributed by atoms with Crippen molar-refractivity contribution in [1.82, 2.24) is 4.98 Å². The molecule has 1 amide bonds. The zero-order valence-corrected chi connectivity index (χ0v) is 17.6. The molecule has 0 atom stereocenters. The highest BCUT2D eigenvalue weighted by Crippen LogP contribution is 2.38. The Hall–Kier alpha value is -3.42. The van der Waals surface area contributed by atoms with Crippen molar-refractivity contribution in [2.24, 2.45) is 11.5 Å². The molecule has 4 heteroatoms. The van der Waals surface area contributed by atoms with Gasteiger partial charge < -0.3 is 11.5 Å². The Labute approximate surface area is 184 Å². The fraction of sp³-hybridized carbons (Fsp3) is 0.259. The maximum absolute atomic E-state index is 11.7. The Balaban J connectivity index is 1.52. The summed E-state index contributed by atoms with van der Waals surface area (Å²) in [5.74, 6) is -0.0337. The minimum Gasteiger partial charge on any atom is -0.368 e. The summed E-state index contributed by atoms with van der Waals surface area (Å²) in [6.07, 6.45) is 3.65. The molecule has 1 aliphatic carbocycles. The van der Waals surface area contributed by atoms with E-state index in [0.29, 0.717) is 25.2 Å². The second kappa shape index (κ2) is 8.75. The first-order valence-corrected chi connectivity index (χ1v) is 10.7. The van der Waals surface area contributed by atoms with E-state index in [0.717, 1.165) is 35.4 Å². The van der Waals surface area contributed by atoms with Gasteiger partial charge in [-0.1, -0.05) is 67.2 Å². The summed E-state index contributed by atoms with van der Waals surface area (Å²) in [6.45, 7) is 4.31. The minimum atomic E-state index is -0.872. The van der Waals surface area contributed by atoms with Gasteiger partial charge in [-0.25, -0.2) is 4.98 Å². The van der Waals surface area contributed by atoms with Gasteiger partial charge in [0.1, 0.15) is 5.69 Å². The molecule has 1 aliphatic rings. The summed E-state index contributed by atoms with van der Waals surface area (Å²) >= 11 is 0. The van der Waals surface area contributed by atoms with Crippen LogP contribution in [0, 0.1) is 12.1 Å². The van der Waals surface area contributed by atoms with Crippen molar-refractivity contribution in [2.45, 2.75) is 43.6 Å². The molecule has 31 heavy (non-hydrogen) atoms. The SMILES string of the molecule is C=C(Cc1ccccc1C1CCC(N)(C(N)=O)CC1)c1cc#cc(-c2ccccc2)n1. The Kier molecular flexibility index (Phi) is 5.88. The van der Waals surface area contributed by atoms with Crippen LogP contribution in [0.4, 0.5) is 0 Å². The molecular formula is C27H27N3O. The van der Waals surface area contributed by atoms with Gasteiger partial charge in [0.15, 0.2) is 0 Å². The van der Waals surface area contributed by atoms with Gasteiger partial charge in [0.05, 0.1) is 11.2 Å². The van der Waals surface area contributed by atoms with E-state index < -0.39 is 11.4 Å². The normalized spacial score (nSPS) is 20.6. The van der Waals surface area contributed by atoms with E-state index in [9.17, 15) is 4.79 Å². The van der Waals surface area contributed by atoms with Gasteiger partial charge in [0, 0.05) is 11.6 Å². The van der Waals surface area contributed by atoms with Crippen molar-refractivity contribution in [3.05, 3.63) is 96.2 Å². The van der Waals surface area contributed by atoms with E-state index in [1.165, 1.54) is 11.1 Å². The molecule has 0 bridgehead atoms. The average Bonchev–Trinajstić information content (AvgIpc) is 2.81. The number of carbonyl (C=O) groups excluding carboxylic acids is 1. The molecule has 4 N–H and O–H groups in total. The number of carbonyl (C=O) groups is 1. The number of benzene rings is 2. The number of primary amides is 1. The quantitative estimate of drug-likeness (QED) is 0.631. The zero-order valence-electron chi connectivity index (χ0n) is 17.6. The lowest BCUT2D eigenvalue weighted by Gasteiger charge is -2.35. The first kappa shape index (κ1) is 20.8. The maximum atomic E-state index is 11.7. The highest BCUT2D eigenvalue weighted by atomic mass is 16.1. The lowest BCUT2D eigenvalue weighted by atomic mass is 9.73. The average molecular weight is 410 g/mol. The number of hydrogen-bond acceptors (Lipinski definition) is 3. The molecule has 1 fully saturated rings. The van der Waals surface area contributed by atoms with Crippen LogP contribution in [0.3, 0.4) is 0 Å². The van der Waals surface area contributed by atoms with Crippen molar-refractivity contribution >= 4 is 11.5 Å². The van der Waals surface area contributed by atoms with E-state index in [1.807, 2.05) is 36.4 Å². The molecule has 1 saturated carbocycles. The van der Waals surface area contributed by atoms with Gasteiger partial charge in [-0.2, -0.15) is 0 Å². The van der Waals surface area contributed by atoms with Crippen LogP contribution in [0.5, 0.6) is 0 Å². The van der Waals surface area contributed by atoms with Gasteiger partial charge in [-0.15, -0.1) is 0 Å². The third-order valence-corrected chi connectivity index (χ3v) is 6.31. The van der Waals surface area contributed by atoms with Crippen LogP contribution >= 0.6 is 0 Å². The molecule has 2 aromatic carbocycles. The van der Waals surface area contributed by atoms with Gasteiger partial charge in [-0.3, -0.25) is 4.79 Å². The Morgan fingerprint density at radius 1 is 1.10 bits per heavy atom. The molecule has 4 nitrogen and oxygen atoms in total. The van der Waals surface area contributed by atoms with E-state index in [-0.39, 0.29) is 0 Å². The van der Waals surface area contributed by atoms with Gasteiger partial charge in [-0.05, 0) is 60.8 Å². The molecule has 4 rings (SSSR count). The van der Waals surface area contributed by atoms with Crippen LogP contribution in [-0.2, 0) is 11.2 Å². The monoisotopic (exact) mass is 409 g/mol. The molecule has 1 aromatic heterocycles. The molecule has 3 aromatic rings. The lowest BCUT2D eigenvalue weighted by molar-refractivity contribution is -0.124. The number of allylic oxidation sites excluding steroid dienone is 1. The third kappa shape index (κ3) is 4.52. The van der Waals surface area contributed by atoms with E-state index in [1.54, 1.807) is 0 Å². The van der Waals surface area contributed by atoms with Gasteiger partial charge >= 0.3 is 0 Å². The van der Waals surface area contributed by atoms with Crippen LogP contribution in [0.1, 0.15) is 48.4 Å². The van der Waals surface area contributed by atoms with Crippen LogP contribution in [0.15, 0.2) is 67.2 Å². The van der Waals surface area contributed by atoms with Crippen molar-refractivity contribution in [1.29, 1.82) is 0 Å². The Bertz CT molecular complexity index is 1080. The summed E-state index contributed by atoms with van der Waals surface area (Å²) in [7, 11) is 0. The largest absolute Gasteiger partial charge is 0.368 e. The highest BCUT2D eigenvalue weighted by Gasteiger charge is 2.37. The van der Waals surface area contributed by atoms with Crippen molar-refractivity contribution in [2.75, 3.05) is 0 Å². The number of nitrogens with zero attached hydrogens (tertiary/aromatic N) is 1.